The molecule has 0 unspecified atom stereocenters. The first kappa shape index (κ1) is 22.1. The minimum Gasteiger partial charge on any atom is -0.507 e. The van der Waals surface area contributed by atoms with Crippen molar-refractivity contribution in [2.24, 2.45) is 0 Å². The first-order chi connectivity index (χ1) is 17.7. The molecule has 0 bridgehead atoms. The average molecular weight is 532 g/mol. The first-order valence-electron chi connectivity index (χ1n) is 11.7. The lowest BCUT2D eigenvalue weighted by Gasteiger charge is -2.26. The number of imidazole rings is 1. The zero-order valence-corrected chi connectivity index (χ0v) is 20.9. The Hall–Kier alpha value is -4.35. The molecule has 0 aliphatic carbocycles. The summed E-state index contributed by atoms with van der Waals surface area (Å²) in [5.74, 6) is 0.840. The number of benzene rings is 5. The first-order valence-corrected chi connectivity index (χ1v) is 12.5. The summed E-state index contributed by atoms with van der Waals surface area (Å²) < 4.78 is 3.00. The number of hydrogen-bond donors (Lipinski definition) is 1. The number of aromatic nitrogens is 2. The van der Waals surface area contributed by atoms with E-state index in [0.717, 1.165) is 38.3 Å². The molecule has 5 aromatic carbocycles. The van der Waals surface area contributed by atoms with Gasteiger partial charge in [-0.2, -0.15) is 0 Å². The van der Waals surface area contributed by atoms with E-state index in [4.69, 9.17) is 4.98 Å². The molecule has 4 nitrogen and oxygen atoms in total. The molecule has 6 aromatic rings. The van der Waals surface area contributed by atoms with Gasteiger partial charge in [0.05, 0.1) is 11.1 Å². The van der Waals surface area contributed by atoms with Gasteiger partial charge in [0.1, 0.15) is 17.1 Å². The van der Waals surface area contributed by atoms with Crippen LogP contribution in [0.5, 0.6) is 5.75 Å². The maximum atomic E-state index is 11.1. The number of aromatic hydroxyl groups is 1. The van der Waals surface area contributed by atoms with E-state index in [2.05, 4.69) is 49.7 Å². The number of nitrogens with zero attached hydrogens (tertiary/aromatic N) is 3. The normalized spacial score (nSPS) is 11.0. The van der Waals surface area contributed by atoms with Crippen LogP contribution in [0, 0.1) is 0 Å². The predicted octanol–water partition coefficient (Wildman–Crippen LogP) is 8.63. The monoisotopic (exact) mass is 531 g/mol. The highest BCUT2D eigenvalue weighted by atomic mass is 79.9. The van der Waals surface area contributed by atoms with Crippen LogP contribution in [-0.4, -0.2) is 14.7 Å². The highest BCUT2D eigenvalue weighted by molar-refractivity contribution is 9.10. The molecule has 1 heterocycles. The molecular weight excluding hydrogens is 510 g/mol. The van der Waals surface area contributed by atoms with E-state index in [-0.39, 0.29) is 5.75 Å². The molecule has 1 aromatic heterocycles. The van der Waals surface area contributed by atoms with Crippen molar-refractivity contribution in [3.8, 4) is 22.8 Å². The van der Waals surface area contributed by atoms with Crippen LogP contribution in [0.1, 0.15) is 0 Å². The third kappa shape index (κ3) is 3.93. The van der Waals surface area contributed by atoms with Crippen LogP contribution < -0.4 is 4.90 Å². The quantitative estimate of drug-likeness (QED) is 0.242. The lowest BCUT2D eigenvalue weighted by atomic mass is 10.1. The Kier molecular flexibility index (Phi) is 5.76. The van der Waals surface area contributed by atoms with Crippen LogP contribution in [-0.2, 0) is 0 Å². The molecule has 0 aliphatic heterocycles. The standard InChI is InChI=1S/C31H22BrN3O/c32-27-17-10-18-28-30(27)33-31(35(28)24-15-8-3-9-16-24)26-21-25(19-20-29(26)36)34(22-11-4-1-5-12-22)23-13-6-2-7-14-23/h1-21,36H. The maximum absolute atomic E-state index is 11.1. The van der Waals surface area contributed by atoms with E-state index in [1.807, 2.05) is 97.1 Å². The maximum Gasteiger partial charge on any atom is 0.149 e. The van der Waals surface area contributed by atoms with Gasteiger partial charge in [0.25, 0.3) is 0 Å². The van der Waals surface area contributed by atoms with Crippen LogP contribution >= 0.6 is 15.9 Å². The third-order valence-corrected chi connectivity index (χ3v) is 6.80. The summed E-state index contributed by atoms with van der Waals surface area (Å²) >= 11 is 3.66. The molecular formula is C31H22BrN3O. The van der Waals surface area contributed by atoms with Crippen molar-refractivity contribution >= 4 is 44.0 Å². The van der Waals surface area contributed by atoms with Crippen LogP contribution in [0.3, 0.4) is 0 Å². The Morgan fingerprint density at radius 3 is 1.89 bits per heavy atom. The summed E-state index contributed by atoms with van der Waals surface area (Å²) in [4.78, 5) is 7.18. The molecule has 0 spiro atoms. The Balaban J connectivity index is 1.60. The molecule has 1 N–H and O–H groups in total. The number of anilines is 3. The molecule has 174 valence electrons. The summed E-state index contributed by atoms with van der Waals surface area (Å²) in [7, 11) is 0. The largest absolute Gasteiger partial charge is 0.507 e. The number of phenolic OH excluding ortho intramolecular Hbond substituents is 1. The Morgan fingerprint density at radius 2 is 1.25 bits per heavy atom. The topological polar surface area (TPSA) is 41.3 Å². The van der Waals surface area contributed by atoms with Crippen LogP contribution in [0.25, 0.3) is 28.1 Å². The van der Waals surface area contributed by atoms with Gasteiger partial charge < -0.3 is 10.0 Å². The summed E-state index contributed by atoms with van der Waals surface area (Å²) in [6.45, 7) is 0. The number of para-hydroxylation sites is 4. The minimum atomic E-state index is 0.170. The SMILES string of the molecule is Oc1ccc(N(c2ccccc2)c2ccccc2)cc1-c1nc2c(Br)cccc2n1-c1ccccc1. The van der Waals surface area contributed by atoms with E-state index >= 15 is 0 Å². The minimum absolute atomic E-state index is 0.170. The summed E-state index contributed by atoms with van der Waals surface area (Å²) in [5.41, 5.74) is 6.39. The average Bonchev–Trinajstić information content (AvgIpc) is 3.32. The number of halogens is 1. The Labute approximate surface area is 217 Å². The van der Waals surface area contributed by atoms with Gasteiger partial charge in [-0.05, 0) is 82.7 Å². The Morgan fingerprint density at radius 1 is 0.639 bits per heavy atom. The van der Waals surface area contributed by atoms with E-state index in [1.54, 1.807) is 6.07 Å². The highest BCUT2D eigenvalue weighted by Crippen LogP contribution is 2.41. The van der Waals surface area contributed by atoms with Gasteiger partial charge in [0.2, 0.25) is 0 Å². The van der Waals surface area contributed by atoms with E-state index in [9.17, 15) is 5.11 Å². The fourth-order valence-corrected chi connectivity index (χ4v) is 4.97. The molecule has 0 atom stereocenters. The number of phenols is 1. The molecule has 5 heteroatoms. The number of hydrogen-bond acceptors (Lipinski definition) is 3. The van der Waals surface area contributed by atoms with E-state index in [1.165, 1.54) is 0 Å². The molecule has 0 aliphatic rings. The second-order valence-corrected chi connectivity index (χ2v) is 9.28. The van der Waals surface area contributed by atoms with Gasteiger partial charge in [-0.15, -0.1) is 0 Å². The predicted molar refractivity (Wildman–Crippen MR) is 151 cm³/mol. The lowest BCUT2D eigenvalue weighted by molar-refractivity contribution is 0.477. The van der Waals surface area contributed by atoms with Gasteiger partial charge in [0.15, 0.2) is 0 Å². The van der Waals surface area contributed by atoms with Crippen LogP contribution in [0.4, 0.5) is 17.1 Å². The molecule has 0 amide bonds. The Bertz CT molecular complexity index is 1610. The van der Waals surface area contributed by atoms with Gasteiger partial charge in [-0.3, -0.25) is 4.57 Å². The number of fused-ring (bicyclic) bond motifs is 1. The second kappa shape index (κ2) is 9.36. The fraction of sp³-hybridized carbons (Fsp3) is 0. The summed E-state index contributed by atoms with van der Waals surface area (Å²) in [5, 5.41) is 11.1. The van der Waals surface area contributed by atoms with Crippen molar-refractivity contribution in [2.45, 2.75) is 0 Å². The summed E-state index contributed by atoms with van der Waals surface area (Å²) in [6.07, 6.45) is 0. The fourth-order valence-electron chi connectivity index (χ4n) is 4.53. The van der Waals surface area contributed by atoms with Crippen molar-refractivity contribution in [2.75, 3.05) is 4.90 Å². The van der Waals surface area contributed by atoms with Gasteiger partial charge in [-0.1, -0.05) is 60.7 Å². The van der Waals surface area contributed by atoms with Crippen LogP contribution in [0.2, 0.25) is 0 Å². The molecule has 0 saturated carbocycles. The van der Waals surface area contributed by atoms with Gasteiger partial charge in [-0.25, -0.2) is 4.98 Å². The van der Waals surface area contributed by atoms with Crippen LogP contribution in [0.15, 0.2) is 132 Å². The molecule has 0 saturated heterocycles. The van der Waals surface area contributed by atoms with Gasteiger partial charge in [0, 0.05) is 27.2 Å². The zero-order valence-electron chi connectivity index (χ0n) is 19.3. The second-order valence-electron chi connectivity index (χ2n) is 8.42. The lowest BCUT2D eigenvalue weighted by Crippen LogP contribution is -2.10. The van der Waals surface area contributed by atoms with Crippen molar-refractivity contribution in [1.82, 2.24) is 9.55 Å². The molecule has 0 fully saturated rings. The molecule has 6 rings (SSSR count). The van der Waals surface area contributed by atoms with E-state index < -0.39 is 0 Å². The zero-order chi connectivity index (χ0) is 24.5. The van der Waals surface area contributed by atoms with Gasteiger partial charge >= 0.3 is 0 Å². The smallest absolute Gasteiger partial charge is 0.149 e. The molecule has 36 heavy (non-hydrogen) atoms. The van der Waals surface area contributed by atoms with Crippen molar-refractivity contribution in [1.29, 1.82) is 0 Å². The molecule has 0 radical (unpaired) electrons. The summed E-state index contributed by atoms with van der Waals surface area (Å²) in [6, 6.07) is 42.3. The number of rotatable bonds is 5. The third-order valence-electron chi connectivity index (χ3n) is 6.16. The van der Waals surface area contributed by atoms with E-state index in [0.29, 0.717) is 11.4 Å². The van der Waals surface area contributed by atoms with Crippen molar-refractivity contribution < 1.29 is 5.11 Å². The van der Waals surface area contributed by atoms with Crippen molar-refractivity contribution in [3.05, 3.63) is 132 Å². The highest BCUT2D eigenvalue weighted by Gasteiger charge is 2.21. The van der Waals surface area contributed by atoms with Crippen molar-refractivity contribution in [3.63, 3.8) is 0 Å².